The molecule has 1 atom stereocenters. The Kier molecular flexibility index (Phi) is 8.11. The zero-order valence-corrected chi connectivity index (χ0v) is 11.7. The second-order valence-corrected chi connectivity index (χ2v) is 4.33. The first-order chi connectivity index (χ1) is 8.42. The average Bonchev–Trinajstić information content (AvgIpc) is 2.30. The Balaban J connectivity index is 3.88. The SMILES string of the molecule is CCN(CC)C(=O)CCNC(=O)NC(=O)C(C)Cl. The summed E-state index contributed by atoms with van der Waals surface area (Å²) in [5, 5.41) is 3.72. The van der Waals surface area contributed by atoms with Crippen molar-refractivity contribution in [2.75, 3.05) is 19.6 Å². The maximum absolute atomic E-state index is 11.6. The number of hydrogen-bond acceptors (Lipinski definition) is 3. The number of carbonyl (C=O) groups excluding carboxylic acids is 3. The molecule has 2 N–H and O–H groups in total. The highest BCUT2D eigenvalue weighted by molar-refractivity contribution is 6.31. The van der Waals surface area contributed by atoms with E-state index in [1.54, 1.807) is 4.90 Å². The van der Waals surface area contributed by atoms with Crippen LogP contribution in [0.25, 0.3) is 0 Å². The molecule has 0 aliphatic heterocycles. The summed E-state index contributed by atoms with van der Waals surface area (Å²) in [7, 11) is 0. The molecule has 0 heterocycles. The Morgan fingerprint density at radius 1 is 1.22 bits per heavy atom. The summed E-state index contributed by atoms with van der Waals surface area (Å²) in [4.78, 5) is 35.5. The summed E-state index contributed by atoms with van der Waals surface area (Å²) in [5.74, 6) is -0.596. The Morgan fingerprint density at radius 2 is 1.78 bits per heavy atom. The number of hydrogen-bond donors (Lipinski definition) is 2. The first kappa shape index (κ1) is 16.7. The lowest BCUT2D eigenvalue weighted by molar-refractivity contribution is -0.130. The van der Waals surface area contributed by atoms with Crippen molar-refractivity contribution in [2.45, 2.75) is 32.6 Å². The Morgan fingerprint density at radius 3 is 2.22 bits per heavy atom. The fourth-order valence-corrected chi connectivity index (χ4v) is 1.33. The minimum atomic E-state index is -0.770. The molecular formula is C11H20ClN3O3. The molecule has 7 heteroatoms. The van der Waals surface area contributed by atoms with Gasteiger partial charge in [-0.15, -0.1) is 11.6 Å². The first-order valence-corrected chi connectivity index (χ1v) is 6.36. The molecule has 0 radical (unpaired) electrons. The van der Waals surface area contributed by atoms with Crippen molar-refractivity contribution < 1.29 is 14.4 Å². The van der Waals surface area contributed by atoms with Crippen LogP contribution in [0, 0.1) is 0 Å². The minimum Gasteiger partial charge on any atom is -0.343 e. The molecule has 0 saturated heterocycles. The van der Waals surface area contributed by atoms with E-state index in [1.165, 1.54) is 6.92 Å². The Hall–Kier alpha value is -1.30. The van der Waals surface area contributed by atoms with Crippen LogP contribution < -0.4 is 10.6 Å². The fraction of sp³-hybridized carbons (Fsp3) is 0.727. The van der Waals surface area contributed by atoms with Gasteiger partial charge in [0.05, 0.1) is 0 Å². The van der Waals surface area contributed by atoms with Gasteiger partial charge < -0.3 is 10.2 Å². The first-order valence-electron chi connectivity index (χ1n) is 5.92. The largest absolute Gasteiger partial charge is 0.343 e. The summed E-state index contributed by atoms with van der Waals surface area (Å²) < 4.78 is 0. The summed E-state index contributed by atoms with van der Waals surface area (Å²) in [6, 6.07) is -0.639. The Labute approximate surface area is 112 Å². The van der Waals surface area contributed by atoms with E-state index in [9.17, 15) is 14.4 Å². The number of rotatable bonds is 6. The van der Waals surface area contributed by atoms with Gasteiger partial charge in [-0.05, 0) is 20.8 Å². The second-order valence-electron chi connectivity index (χ2n) is 3.68. The quantitative estimate of drug-likeness (QED) is 0.702. The molecule has 18 heavy (non-hydrogen) atoms. The molecule has 0 rings (SSSR count). The number of nitrogens with zero attached hydrogens (tertiary/aromatic N) is 1. The van der Waals surface area contributed by atoms with E-state index in [-0.39, 0.29) is 18.9 Å². The number of urea groups is 1. The third-order valence-corrected chi connectivity index (χ3v) is 2.54. The van der Waals surface area contributed by atoms with Crippen molar-refractivity contribution in [1.82, 2.24) is 15.5 Å². The summed E-state index contributed by atoms with van der Waals surface area (Å²) in [5.41, 5.74) is 0. The summed E-state index contributed by atoms with van der Waals surface area (Å²) in [6.45, 7) is 6.72. The van der Waals surface area contributed by atoms with Crippen LogP contribution in [0.2, 0.25) is 0 Å². The maximum atomic E-state index is 11.6. The topological polar surface area (TPSA) is 78.5 Å². The lowest BCUT2D eigenvalue weighted by Gasteiger charge is -2.18. The van der Waals surface area contributed by atoms with E-state index >= 15 is 0 Å². The molecular weight excluding hydrogens is 258 g/mol. The van der Waals surface area contributed by atoms with Crippen molar-refractivity contribution in [3.8, 4) is 0 Å². The number of nitrogens with one attached hydrogen (secondary N) is 2. The number of imide groups is 1. The number of alkyl halides is 1. The zero-order chi connectivity index (χ0) is 14.1. The van der Waals surface area contributed by atoms with Gasteiger partial charge in [0.15, 0.2) is 0 Å². The molecule has 104 valence electrons. The van der Waals surface area contributed by atoms with E-state index in [0.717, 1.165) is 0 Å². The predicted molar refractivity (Wildman–Crippen MR) is 69.4 cm³/mol. The van der Waals surface area contributed by atoms with Crippen molar-refractivity contribution >= 4 is 29.4 Å². The molecule has 1 unspecified atom stereocenters. The van der Waals surface area contributed by atoms with Gasteiger partial charge in [0.1, 0.15) is 5.38 Å². The van der Waals surface area contributed by atoms with Crippen molar-refractivity contribution in [1.29, 1.82) is 0 Å². The molecule has 0 fully saturated rings. The van der Waals surface area contributed by atoms with E-state index in [0.29, 0.717) is 13.1 Å². The van der Waals surface area contributed by atoms with Crippen molar-refractivity contribution in [2.24, 2.45) is 0 Å². The van der Waals surface area contributed by atoms with Gasteiger partial charge in [-0.25, -0.2) is 4.79 Å². The molecule has 4 amide bonds. The standard InChI is InChI=1S/C11H20ClN3O3/c1-4-15(5-2)9(16)6-7-13-11(18)14-10(17)8(3)12/h8H,4-7H2,1-3H3,(H2,13,14,17,18). The number of halogens is 1. The normalized spacial score (nSPS) is 11.6. The van der Waals surface area contributed by atoms with Crippen LogP contribution >= 0.6 is 11.6 Å². The van der Waals surface area contributed by atoms with Gasteiger partial charge in [-0.1, -0.05) is 0 Å². The molecule has 0 spiro atoms. The lowest BCUT2D eigenvalue weighted by Crippen LogP contribution is -2.43. The van der Waals surface area contributed by atoms with Crippen molar-refractivity contribution in [3.05, 3.63) is 0 Å². The van der Waals surface area contributed by atoms with Gasteiger partial charge in [-0.2, -0.15) is 0 Å². The average molecular weight is 278 g/mol. The van der Waals surface area contributed by atoms with E-state index in [1.807, 2.05) is 13.8 Å². The highest BCUT2D eigenvalue weighted by atomic mass is 35.5. The minimum absolute atomic E-state index is 0.0302. The second kappa shape index (κ2) is 8.74. The van der Waals surface area contributed by atoms with Crippen LogP contribution in [0.1, 0.15) is 27.2 Å². The molecule has 0 aromatic carbocycles. The van der Waals surface area contributed by atoms with Crippen molar-refractivity contribution in [3.63, 3.8) is 0 Å². The highest BCUT2D eigenvalue weighted by Crippen LogP contribution is 1.93. The number of amides is 4. The van der Waals surface area contributed by atoms with Crippen LogP contribution in [0.4, 0.5) is 4.79 Å². The van der Waals surface area contributed by atoms with Gasteiger partial charge in [0.25, 0.3) is 0 Å². The van der Waals surface area contributed by atoms with E-state index in [2.05, 4.69) is 10.6 Å². The van der Waals surface area contributed by atoms with Crippen LogP contribution in [0.3, 0.4) is 0 Å². The fourth-order valence-electron chi connectivity index (χ4n) is 1.27. The molecule has 0 aromatic rings. The molecule has 0 aliphatic rings. The molecule has 6 nitrogen and oxygen atoms in total. The molecule has 0 saturated carbocycles. The monoisotopic (exact) mass is 277 g/mol. The molecule has 0 bridgehead atoms. The van der Waals surface area contributed by atoms with E-state index in [4.69, 9.17) is 11.6 Å². The van der Waals surface area contributed by atoms with Crippen LogP contribution in [-0.4, -0.2) is 47.8 Å². The summed E-state index contributed by atoms with van der Waals surface area (Å²) in [6.07, 6.45) is 0.208. The predicted octanol–water partition coefficient (Wildman–Crippen LogP) is 0.698. The third-order valence-electron chi connectivity index (χ3n) is 2.34. The van der Waals surface area contributed by atoms with Crippen LogP contribution in [-0.2, 0) is 9.59 Å². The van der Waals surface area contributed by atoms with Gasteiger partial charge in [0.2, 0.25) is 11.8 Å². The zero-order valence-electron chi connectivity index (χ0n) is 11.0. The van der Waals surface area contributed by atoms with Gasteiger partial charge in [-0.3, -0.25) is 14.9 Å². The molecule has 0 aromatic heterocycles. The van der Waals surface area contributed by atoms with Crippen LogP contribution in [0.15, 0.2) is 0 Å². The highest BCUT2D eigenvalue weighted by Gasteiger charge is 2.13. The van der Waals surface area contributed by atoms with Gasteiger partial charge >= 0.3 is 6.03 Å². The third kappa shape index (κ3) is 6.44. The Bertz CT molecular complexity index is 304. The number of carbonyl (C=O) groups is 3. The van der Waals surface area contributed by atoms with Gasteiger partial charge in [0, 0.05) is 26.1 Å². The lowest BCUT2D eigenvalue weighted by atomic mass is 10.3. The summed E-state index contributed by atoms with van der Waals surface area (Å²) >= 11 is 5.48. The molecule has 0 aliphatic carbocycles. The smallest absolute Gasteiger partial charge is 0.321 e. The van der Waals surface area contributed by atoms with E-state index < -0.39 is 17.3 Å². The maximum Gasteiger partial charge on any atom is 0.321 e. The van der Waals surface area contributed by atoms with Crippen LogP contribution in [0.5, 0.6) is 0 Å².